The Bertz CT molecular complexity index is 626. The monoisotopic (exact) mass is 271 g/mol. The van der Waals surface area contributed by atoms with E-state index in [4.69, 9.17) is 4.74 Å². The predicted molar refractivity (Wildman–Crippen MR) is 78.7 cm³/mol. The second-order valence-corrected chi connectivity index (χ2v) is 5.18. The number of ether oxygens (including phenoxy) is 1. The Morgan fingerprint density at radius 3 is 2.75 bits per heavy atom. The van der Waals surface area contributed by atoms with Crippen molar-refractivity contribution in [3.05, 3.63) is 59.4 Å². The first-order valence-electron chi connectivity index (χ1n) is 6.99. The van der Waals surface area contributed by atoms with E-state index in [2.05, 4.69) is 24.4 Å². The fraction of sp³-hybridized carbons (Fsp3) is 0.294. The first-order valence-corrected chi connectivity index (χ1v) is 6.99. The Kier molecular flexibility index (Phi) is 3.35. The maximum Gasteiger partial charge on any atom is 0.146 e. The first-order chi connectivity index (χ1) is 9.69. The third-order valence-electron chi connectivity index (χ3n) is 3.76. The molecule has 2 nitrogen and oxygen atoms in total. The van der Waals surface area contributed by atoms with Crippen LogP contribution in [-0.2, 0) is 6.42 Å². The smallest absolute Gasteiger partial charge is 0.146 e. The summed E-state index contributed by atoms with van der Waals surface area (Å²) < 4.78 is 19.9. The zero-order valence-electron chi connectivity index (χ0n) is 11.7. The molecule has 2 unspecified atom stereocenters. The highest BCUT2D eigenvalue weighted by molar-refractivity contribution is 5.60. The lowest BCUT2D eigenvalue weighted by Gasteiger charge is -2.33. The Hall–Kier alpha value is -2.03. The van der Waals surface area contributed by atoms with E-state index in [1.165, 1.54) is 11.6 Å². The molecule has 2 aromatic rings. The Morgan fingerprint density at radius 1 is 1.20 bits per heavy atom. The van der Waals surface area contributed by atoms with E-state index in [9.17, 15) is 4.39 Å². The molecule has 20 heavy (non-hydrogen) atoms. The van der Waals surface area contributed by atoms with E-state index >= 15 is 0 Å². The van der Waals surface area contributed by atoms with Crippen molar-refractivity contribution in [1.82, 2.24) is 0 Å². The maximum atomic E-state index is 13.9. The van der Waals surface area contributed by atoms with E-state index in [1.807, 2.05) is 19.1 Å². The molecule has 3 heteroatoms. The fourth-order valence-corrected chi connectivity index (χ4v) is 2.61. The van der Waals surface area contributed by atoms with Crippen LogP contribution in [0.15, 0.2) is 42.5 Å². The Labute approximate surface area is 118 Å². The van der Waals surface area contributed by atoms with Gasteiger partial charge in [0.05, 0.1) is 11.7 Å². The average Bonchev–Trinajstić information content (AvgIpc) is 2.47. The van der Waals surface area contributed by atoms with Crippen LogP contribution in [0.2, 0.25) is 0 Å². The number of rotatable bonds is 2. The molecule has 0 amide bonds. The minimum Gasteiger partial charge on any atom is -0.481 e. The molecule has 0 saturated heterocycles. The van der Waals surface area contributed by atoms with Crippen LogP contribution in [0.4, 0.5) is 10.1 Å². The summed E-state index contributed by atoms with van der Waals surface area (Å²) in [6.45, 7) is 4.13. The maximum absolute atomic E-state index is 13.9. The molecule has 0 aromatic heterocycles. The van der Waals surface area contributed by atoms with Crippen LogP contribution in [0.5, 0.6) is 5.75 Å². The van der Waals surface area contributed by atoms with Gasteiger partial charge in [0.25, 0.3) is 0 Å². The van der Waals surface area contributed by atoms with Crippen LogP contribution >= 0.6 is 0 Å². The molecule has 0 radical (unpaired) electrons. The van der Waals surface area contributed by atoms with Crippen molar-refractivity contribution in [3.8, 4) is 5.75 Å². The summed E-state index contributed by atoms with van der Waals surface area (Å²) in [6.07, 6.45) is 0.677. The molecule has 3 rings (SSSR count). The molecule has 1 heterocycles. The van der Waals surface area contributed by atoms with Gasteiger partial charge in [0.1, 0.15) is 17.7 Å². The van der Waals surface area contributed by atoms with Crippen LogP contribution in [0.1, 0.15) is 31.1 Å². The minimum absolute atomic E-state index is 0.0199. The number of halogens is 1. The van der Waals surface area contributed by atoms with Gasteiger partial charge in [-0.3, -0.25) is 0 Å². The minimum atomic E-state index is -0.309. The zero-order chi connectivity index (χ0) is 14.1. The van der Waals surface area contributed by atoms with Crippen molar-refractivity contribution < 1.29 is 9.13 Å². The summed E-state index contributed by atoms with van der Waals surface area (Å²) >= 11 is 0. The molecule has 1 N–H and O–H groups in total. The van der Waals surface area contributed by atoms with Crippen molar-refractivity contribution in [1.29, 1.82) is 0 Å². The van der Waals surface area contributed by atoms with Gasteiger partial charge in [-0.25, -0.2) is 4.39 Å². The lowest BCUT2D eigenvalue weighted by Crippen LogP contribution is -2.33. The molecule has 0 aliphatic carbocycles. The van der Waals surface area contributed by atoms with E-state index in [0.29, 0.717) is 5.56 Å². The first kappa shape index (κ1) is 13.0. The summed E-state index contributed by atoms with van der Waals surface area (Å²) in [5.41, 5.74) is 2.85. The normalized spacial score (nSPS) is 20.8. The Morgan fingerprint density at radius 2 is 2.00 bits per heavy atom. The second kappa shape index (κ2) is 5.16. The quantitative estimate of drug-likeness (QED) is 0.878. The van der Waals surface area contributed by atoms with Crippen LogP contribution < -0.4 is 10.1 Å². The van der Waals surface area contributed by atoms with Gasteiger partial charge in [0, 0.05) is 5.56 Å². The van der Waals surface area contributed by atoms with Gasteiger partial charge in [0.2, 0.25) is 0 Å². The van der Waals surface area contributed by atoms with Crippen LogP contribution in [0.25, 0.3) is 0 Å². The summed E-state index contributed by atoms with van der Waals surface area (Å²) in [6, 6.07) is 12.9. The predicted octanol–water partition coefficient (Wildman–Crippen LogP) is 4.32. The van der Waals surface area contributed by atoms with Crippen LogP contribution in [0, 0.1) is 5.82 Å². The highest BCUT2D eigenvalue weighted by Crippen LogP contribution is 2.38. The molecule has 2 aromatic carbocycles. The summed E-state index contributed by atoms with van der Waals surface area (Å²) in [7, 11) is 0. The molecule has 1 aliphatic rings. The lowest BCUT2D eigenvalue weighted by atomic mass is 10.00. The summed E-state index contributed by atoms with van der Waals surface area (Å²) in [4.78, 5) is 0. The SMILES string of the molecule is CCc1ccc2c(c1)NC(C)C(c1ccccc1F)O2. The van der Waals surface area contributed by atoms with Gasteiger partial charge in [-0.1, -0.05) is 31.2 Å². The topological polar surface area (TPSA) is 21.3 Å². The number of anilines is 1. The molecular formula is C17H18FNO. The summed E-state index contributed by atoms with van der Waals surface area (Å²) in [5, 5.41) is 3.42. The van der Waals surface area contributed by atoms with Crippen molar-refractivity contribution in [2.24, 2.45) is 0 Å². The third kappa shape index (κ3) is 2.24. The largest absolute Gasteiger partial charge is 0.481 e. The number of hydrogen-bond donors (Lipinski definition) is 1. The van der Waals surface area contributed by atoms with Gasteiger partial charge < -0.3 is 10.1 Å². The lowest BCUT2D eigenvalue weighted by molar-refractivity contribution is 0.173. The van der Waals surface area contributed by atoms with Crippen LogP contribution in [0.3, 0.4) is 0 Å². The molecule has 0 saturated carbocycles. The van der Waals surface area contributed by atoms with E-state index in [-0.39, 0.29) is 18.0 Å². The molecule has 0 bridgehead atoms. The number of hydrogen-bond acceptors (Lipinski definition) is 2. The molecule has 104 valence electrons. The van der Waals surface area contributed by atoms with Crippen LogP contribution in [-0.4, -0.2) is 6.04 Å². The highest BCUT2D eigenvalue weighted by atomic mass is 19.1. The molecule has 1 aliphatic heterocycles. The molecule has 0 spiro atoms. The van der Waals surface area contributed by atoms with Crippen molar-refractivity contribution in [2.75, 3.05) is 5.32 Å². The van der Waals surface area contributed by atoms with Gasteiger partial charge in [-0.15, -0.1) is 0 Å². The molecule has 2 atom stereocenters. The van der Waals surface area contributed by atoms with E-state index in [1.54, 1.807) is 12.1 Å². The van der Waals surface area contributed by atoms with Crippen molar-refractivity contribution >= 4 is 5.69 Å². The standard InChI is InChI=1S/C17H18FNO/c1-3-12-8-9-16-15(10-12)19-11(2)17(20-16)13-6-4-5-7-14(13)18/h4-11,17,19H,3H2,1-2H3. The van der Waals surface area contributed by atoms with Crippen molar-refractivity contribution in [2.45, 2.75) is 32.4 Å². The van der Waals surface area contributed by atoms with Gasteiger partial charge in [-0.05, 0) is 37.1 Å². The second-order valence-electron chi connectivity index (χ2n) is 5.18. The van der Waals surface area contributed by atoms with Crippen molar-refractivity contribution in [3.63, 3.8) is 0 Å². The van der Waals surface area contributed by atoms with Gasteiger partial charge in [0.15, 0.2) is 0 Å². The van der Waals surface area contributed by atoms with Gasteiger partial charge >= 0.3 is 0 Å². The van der Waals surface area contributed by atoms with E-state index < -0.39 is 0 Å². The third-order valence-corrected chi connectivity index (χ3v) is 3.76. The average molecular weight is 271 g/mol. The number of nitrogens with one attached hydrogen (secondary N) is 1. The zero-order valence-corrected chi connectivity index (χ0v) is 11.7. The van der Waals surface area contributed by atoms with Gasteiger partial charge in [-0.2, -0.15) is 0 Å². The molecule has 0 fully saturated rings. The highest BCUT2D eigenvalue weighted by Gasteiger charge is 2.29. The Balaban J connectivity index is 1.95. The number of aryl methyl sites for hydroxylation is 1. The van der Waals surface area contributed by atoms with E-state index in [0.717, 1.165) is 17.9 Å². The number of fused-ring (bicyclic) bond motifs is 1. The fourth-order valence-electron chi connectivity index (χ4n) is 2.61. The molecular weight excluding hydrogens is 253 g/mol. The summed E-state index contributed by atoms with van der Waals surface area (Å²) in [5.74, 6) is 0.563. The number of benzene rings is 2.